The van der Waals surface area contributed by atoms with Gasteiger partial charge in [-0.15, -0.1) is 0 Å². The Morgan fingerprint density at radius 3 is 2.77 bits per heavy atom. The maximum atomic E-state index is 13.0. The molecule has 0 aromatic heterocycles. The van der Waals surface area contributed by atoms with Gasteiger partial charge in [0.2, 0.25) is 5.91 Å². The van der Waals surface area contributed by atoms with Gasteiger partial charge in [0.05, 0.1) is 54.5 Å². The Bertz CT molecular complexity index is 766. The Morgan fingerprint density at radius 2 is 2.03 bits per heavy atom. The number of benzene rings is 1. The minimum atomic E-state index is -0.807. The molecule has 0 radical (unpaired) electrons. The predicted octanol–water partition coefficient (Wildman–Crippen LogP) is 2.66. The van der Waals surface area contributed by atoms with E-state index in [0.29, 0.717) is 35.1 Å². The van der Waals surface area contributed by atoms with Crippen molar-refractivity contribution in [2.75, 3.05) is 31.6 Å². The highest BCUT2D eigenvalue weighted by atomic mass is 35.5. The number of rotatable bonds is 4. The quantitative estimate of drug-likeness (QED) is 0.642. The largest absolute Gasteiger partial charge is 0.389 e. The molecule has 4 atom stereocenters. The van der Waals surface area contributed by atoms with Gasteiger partial charge >= 0.3 is 6.03 Å². The molecule has 1 aromatic carbocycles. The zero-order valence-corrected chi connectivity index (χ0v) is 18.3. The van der Waals surface area contributed by atoms with Crippen LogP contribution in [0.4, 0.5) is 10.5 Å². The second-order valence-corrected chi connectivity index (χ2v) is 8.32. The van der Waals surface area contributed by atoms with E-state index < -0.39 is 6.10 Å². The fraction of sp³-hybridized carbons (Fsp3) is 0.600. The summed E-state index contributed by atoms with van der Waals surface area (Å²) in [5, 5.41) is 16.5. The van der Waals surface area contributed by atoms with Gasteiger partial charge in [0.1, 0.15) is 6.10 Å². The van der Waals surface area contributed by atoms with Gasteiger partial charge in [0.15, 0.2) is 0 Å². The van der Waals surface area contributed by atoms with Crippen LogP contribution in [0.1, 0.15) is 26.2 Å². The lowest BCUT2D eigenvalue weighted by Gasteiger charge is -2.44. The molecular formula is C20H27Cl2N3O5. The van der Waals surface area contributed by atoms with Crippen LogP contribution in [0.15, 0.2) is 18.2 Å². The molecule has 1 aromatic rings. The lowest BCUT2D eigenvalue weighted by Crippen LogP contribution is -2.58. The van der Waals surface area contributed by atoms with E-state index in [1.165, 1.54) is 0 Å². The van der Waals surface area contributed by atoms with Crippen LogP contribution in [0, 0.1) is 0 Å². The number of aliphatic hydroxyl groups excluding tert-OH is 1. The number of hydrogen-bond donors (Lipinski definition) is 3. The molecule has 0 spiro atoms. The zero-order chi connectivity index (χ0) is 21.7. The number of amides is 3. The van der Waals surface area contributed by atoms with E-state index >= 15 is 0 Å². The monoisotopic (exact) mass is 459 g/mol. The Hall–Kier alpha value is -1.58. The molecule has 3 amide bonds. The third-order valence-corrected chi connectivity index (χ3v) is 5.94. The van der Waals surface area contributed by atoms with Crippen LogP contribution >= 0.6 is 23.2 Å². The van der Waals surface area contributed by atoms with Crippen molar-refractivity contribution in [2.24, 2.45) is 0 Å². The van der Waals surface area contributed by atoms with E-state index in [9.17, 15) is 14.7 Å². The molecule has 2 aliphatic heterocycles. The van der Waals surface area contributed by atoms with Gasteiger partial charge in [-0.05, 0) is 38.0 Å². The van der Waals surface area contributed by atoms with Crippen LogP contribution in [0.5, 0.6) is 0 Å². The highest BCUT2D eigenvalue weighted by Crippen LogP contribution is 2.29. The van der Waals surface area contributed by atoms with Crippen LogP contribution in [-0.2, 0) is 14.3 Å². The highest BCUT2D eigenvalue weighted by Gasteiger charge is 2.40. The lowest BCUT2D eigenvalue weighted by molar-refractivity contribution is -0.149. The maximum absolute atomic E-state index is 13.0. The van der Waals surface area contributed by atoms with Gasteiger partial charge in [-0.1, -0.05) is 23.2 Å². The summed E-state index contributed by atoms with van der Waals surface area (Å²) < 4.78 is 11.7. The molecule has 3 N–H and O–H groups in total. The molecule has 166 valence electrons. The van der Waals surface area contributed by atoms with Crippen LogP contribution in [0.2, 0.25) is 10.0 Å². The molecule has 0 unspecified atom stereocenters. The van der Waals surface area contributed by atoms with E-state index in [-0.39, 0.29) is 56.4 Å². The number of aliphatic hydroxyl groups is 1. The van der Waals surface area contributed by atoms with E-state index in [0.717, 1.165) is 0 Å². The number of nitrogens with zero attached hydrogens (tertiary/aromatic N) is 1. The topological polar surface area (TPSA) is 100 Å². The second kappa shape index (κ2) is 10.6. The maximum Gasteiger partial charge on any atom is 0.322 e. The number of ether oxygens (including phenoxy) is 2. The number of urea groups is 1. The van der Waals surface area contributed by atoms with Crippen molar-refractivity contribution in [1.29, 1.82) is 0 Å². The fourth-order valence-electron chi connectivity index (χ4n) is 3.82. The summed E-state index contributed by atoms with van der Waals surface area (Å²) in [5.74, 6) is -0.0580. The minimum Gasteiger partial charge on any atom is -0.389 e. The van der Waals surface area contributed by atoms with Crippen molar-refractivity contribution in [3.8, 4) is 0 Å². The average molecular weight is 460 g/mol. The van der Waals surface area contributed by atoms with E-state index in [1.807, 2.05) is 6.92 Å². The molecule has 0 bridgehead atoms. The van der Waals surface area contributed by atoms with Gasteiger partial charge in [0, 0.05) is 12.2 Å². The predicted molar refractivity (Wildman–Crippen MR) is 114 cm³/mol. The molecule has 2 fully saturated rings. The van der Waals surface area contributed by atoms with Gasteiger partial charge < -0.3 is 30.1 Å². The number of fused-ring (bicyclic) bond motifs is 1. The van der Waals surface area contributed by atoms with E-state index in [2.05, 4.69) is 10.6 Å². The molecular weight excluding hydrogens is 433 g/mol. The van der Waals surface area contributed by atoms with Crippen molar-refractivity contribution in [2.45, 2.75) is 50.5 Å². The molecule has 3 rings (SSSR count). The first-order valence-electron chi connectivity index (χ1n) is 10.1. The number of nitrogens with one attached hydrogen (secondary N) is 2. The van der Waals surface area contributed by atoms with Gasteiger partial charge in [-0.3, -0.25) is 4.79 Å². The summed E-state index contributed by atoms with van der Waals surface area (Å²) in [6, 6.07) is 4.19. The van der Waals surface area contributed by atoms with Crippen molar-refractivity contribution in [3.05, 3.63) is 28.2 Å². The first-order chi connectivity index (χ1) is 14.4. The van der Waals surface area contributed by atoms with E-state index in [4.69, 9.17) is 32.7 Å². The summed E-state index contributed by atoms with van der Waals surface area (Å²) in [6.07, 6.45) is 0.120. The number of carbonyl (C=O) groups excluding carboxylic acids is 2. The van der Waals surface area contributed by atoms with Crippen LogP contribution in [-0.4, -0.2) is 72.6 Å². The first-order valence-corrected chi connectivity index (χ1v) is 10.8. The molecule has 2 heterocycles. The number of halogens is 2. The fourth-order valence-corrected chi connectivity index (χ4v) is 4.12. The molecule has 30 heavy (non-hydrogen) atoms. The summed E-state index contributed by atoms with van der Waals surface area (Å²) in [6.45, 7) is 2.89. The Labute approximate surface area is 185 Å². The summed E-state index contributed by atoms with van der Waals surface area (Å²) >= 11 is 12.0. The van der Waals surface area contributed by atoms with Crippen molar-refractivity contribution in [1.82, 2.24) is 10.2 Å². The highest BCUT2D eigenvalue weighted by molar-refractivity contribution is 6.42. The number of anilines is 1. The summed E-state index contributed by atoms with van der Waals surface area (Å²) in [7, 11) is 0. The standard InChI is InChI=1S/C20H27Cl2N3O5/c1-2-23-19(27)8-14-4-6-17-18(30-14)11-29-10-13(26)9-25(17)20(28)24-12-3-5-15(21)16(22)7-12/h3,5,7,13-14,17-18,26H,2,4,6,8-11H2,1H3,(H,23,27)(H,24,28)/t13-,14+,17+,18-/m0/s1. The minimum absolute atomic E-state index is 0.0580. The number of hydrogen-bond acceptors (Lipinski definition) is 5. The lowest BCUT2D eigenvalue weighted by atomic mass is 9.95. The van der Waals surface area contributed by atoms with Crippen molar-refractivity contribution in [3.63, 3.8) is 0 Å². The average Bonchev–Trinajstić information content (AvgIpc) is 2.68. The Balaban J connectivity index is 1.71. The van der Waals surface area contributed by atoms with Crippen LogP contribution in [0.25, 0.3) is 0 Å². The van der Waals surface area contributed by atoms with Gasteiger partial charge in [0.25, 0.3) is 0 Å². The Morgan fingerprint density at radius 1 is 1.23 bits per heavy atom. The summed E-state index contributed by atoms with van der Waals surface area (Å²) in [5.41, 5.74) is 0.504. The second-order valence-electron chi connectivity index (χ2n) is 7.50. The molecule has 8 nitrogen and oxygen atoms in total. The molecule has 2 aliphatic rings. The molecule has 0 aliphatic carbocycles. The number of carbonyl (C=O) groups is 2. The zero-order valence-electron chi connectivity index (χ0n) is 16.8. The van der Waals surface area contributed by atoms with Crippen molar-refractivity contribution >= 4 is 40.8 Å². The third kappa shape index (κ3) is 5.98. The van der Waals surface area contributed by atoms with Crippen LogP contribution in [0.3, 0.4) is 0 Å². The van der Waals surface area contributed by atoms with E-state index in [1.54, 1.807) is 23.1 Å². The normalized spacial score (nSPS) is 26.9. The van der Waals surface area contributed by atoms with Crippen molar-refractivity contribution < 1.29 is 24.2 Å². The molecule has 0 saturated carbocycles. The molecule has 2 saturated heterocycles. The van der Waals surface area contributed by atoms with Gasteiger partial charge in [-0.2, -0.15) is 0 Å². The first kappa shape index (κ1) is 23.1. The summed E-state index contributed by atoms with van der Waals surface area (Å²) in [4.78, 5) is 26.5. The van der Waals surface area contributed by atoms with Crippen LogP contribution < -0.4 is 10.6 Å². The number of β-amino-alcohol motifs (C(OH)–C–C–N with tert-alkyl or cyclic N) is 1. The molecule has 10 heteroatoms. The third-order valence-electron chi connectivity index (χ3n) is 5.20. The van der Waals surface area contributed by atoms with Gasteiger partial charge in [-0.25, -0.2) is 4.79 Å². The SMILES string of the molecule is CCNC(=O)C[C@H]1CC[C@@H]2[C@H](COC[C@@H](O)CN2C(=O)Nc2ccc(Cl)c(Cl)c2)O1. The Kier molecular flexibility index (Phi) is 8.19. The smallest absolute Gasteiger partial charge is 0.322 e.